The van der Waals surface area contributed by atoms with Crippen molar-refractivity contribution in [2.24, 2.45) is 0 Å². The Morgan fingerprint density at radius 3 is 2.85 bits per heavy atom. The maximum absolute atomic E-state index is 5.94. The Hall–Kier alpha value is -2.00. The number of nitrogens with one attached hydrogen (secondary N) is 1. The third-order valence-corrected chi connectivity index (χ3v) is 4.18. The highest BCUT2D eigenvalue weighted by Crippen LogP contribution is 2.37. The zero-order chi connectivity index (χ0) is 13.4. The molecule has 2 aromatic carbocycles. The first-order chi connectivity index (χ1) is 9.90. The molecule has 20 heavy (non-hydrogen) atoms. The smallest absolute Gasteiger partial charge is 0.129 e. The molecule has 1 saturated heterocycles. The second-order valence-electron chi connectivity index (χ2n) is 5.48. The summed E-state index contributed by atoms with van der Waals surface area (Å²) in [5, 5.41) is 3.45. The number of ether oxygens (including phenoxy) is 1. The van der Waals surface area contributed by atoms with Crippen molar-refractivity contribution in [3.8, 4) is 11.5 Å². The molecule has 1 N–H and O–H groups in total. The van der Waals surface area contributed by atoms with Gasteiger partial charge < -0.3 is 9.64 Å². The first-order valence-corrected chi connectivity index (χ1v) is 7.23. The molecular weight excluding hydrogens is 248 g/mol. The molecule has 2 aliphatic heterocycles. The summed E-state index contributed by atoms with van der Waals surface area (Å²) in [5.74, 6) is 1.81. The van der Waals surface area contributed by atoms with E-state index in [-0.39, 0.29) is 0 Å². The average Bonchev–Trinajstić information content (AvgIpc) is 2.86. The lowest BCUT2D eigenvalue weighted by molar-refractivity contribution is 0.464. The molecule has 0 saturated carbocycles. The van der Waals surface area contributed by atoms with E-state index in [9.17, 15) is 0 Å². The SMILES string of the molecule is c1ccc(Oc2ccc3c(c2)N2CNCCC2C3)cc1. The Kier molecular flexibility index (Phi) is 2.85. The predicted octanol–water partition coefficient (Wildman–Crippen LogP) is 3.16. The molecule has 3 heteroatoms. The van der Waals surface area contributed by atoms with E-state index in [0.717, 1.165) is 24.7 Å². The van der Waals surface area contributed by atoms with Gasteiger partial charge in [0.2, 0.25) is 0 Å². The number of fused-ring (bicyclic) bond motifs is 3. The zero-order valence-corrected chi connectivity index (χ0v) is 11.4. The Morgan fingerprint density at radius 2 is 1.95 bits per heavy atom. The molecule has 0 amide bonds. The van der Waals surface area contributed by atoms with Gasteiger partial charge in [-0.05, 0) is 43.1 Å². The fourth-order valence-corrected chi connectivity index (χ4v) is 3.17. The number of rotatable bonds is 2. The van der Waals surface area contributed by atoms with Crippen LogP contribution in [0.3, 0.4) is 0 Å². The van der Waals surface area contributed by atoms with Crippen molar-refractivity contribution < 1.29 is 4.74 Å². The van der Waals surface area contributed by atoms with E-state index in [1.54, 1.807) is 0 Å². The van der Waals surface area contributed by atoms with Gasteiger partial charge in [-0.1, -0.05) is 24.3 Å². The predicted molar refractivity (Wildman–Crippen MR) is 80.4 cm³/mol. The topological polar surface area (TPSA) is 24.5 Å². The van der Waals surface area contributed by atoms with Crippen LogP contribution in [0.25, 0.3) is 0 Å². The molecule has 1 fully saturated rings. The minimum absolute atomic E-state index is 0.665. The molecule has 0 aromatic heterocycles. The first-order valence-electron chi connectivity index (χ1n) is 7.23. The maximum atomic E-state index is 5.94. The van der Waals surface area contributed by atoms with E-state index in [0.29, 0.717) is 6.04 Å². The first kappa shape index (κ1) is 11.8. The van der Waals surface area contributed by atoms with Gasteiger partial charge in [-0.25, -0.2) is 0 Å². The lowest BCUT2D eigenvalue weighted by Gasteiger charge is -2.32. The van der Waals surface area contributed by atoms with Crippen LogP contribution in [-0.4, -0.2) is 19.3 Å². The normalized spacial score (nSPS) is 20.4. The van der Waals surface area contributed by atoms with Gasteiger partial charge in [0, 0.05) is 17.8 Å². The standard InChI is InChI=1S/C17H18N2O/c1-2-4-15(5-3-1)20-16-7-6-13-10-14-8-9-18-12-19(14)17(13)11-16/h1-7,11,14,18H,8-10,12H2. The molecule has 0 bridgehead atoms. The minimum atomic E-state index is 0.665. The Labute approximate surface area is 119 Å². The fourth-order valence-electron chi connectivity index (χ4n) is 3.17. The number of hydrogen-bond acceptors (Lipinski definition) is 3. The maximum Gasteiger partial charge on any atom is 0.129 e. The monoisotopic (exact) mass is 266 g/mol. The number of para-hydroxylation sites is 1. The van der Waals surface area contributed by atoms with Gasteiger partial charge >= 0.3 is 0 Å². The van der Waals surface area contributed by atoms with Crippen LogP contribution >= 0.6 is 0 Å². The second kappa shape index (κ2) is 4.84. The summed E-state index contributed by atoms with van der Waals surface area (Å²) in [6, 6.07) is 17.1. The van der Waals surface area contributed by atoms with E-state index >= 15 is 0 Å². The number of benzene rings is 2. The third-order valence-electron chi connectivity index (χ3n) is 4.18. The van der Waals surface area contributed by atoms with Crippen molar-refractivity contribution in [1.29, 1.82) is 0 Å². The summed E-state index contributed by atoms with van der Waals surface area (Å²) in [7, 11) is 0. The van der Waals surface area contributed by atoms with Crippen LogP contribution in [0.15, 0.2) is 48.5 Å². The highest BCUT2D eigenvalue weighted by molar-refractivity contribution is 5.62. The summed E-state index contributed by atoms with van der Waals surface area (Å²) < 4.78 is 5.94. The van der Waals surface area contributed by atoms with Crippen LogP contribution < -0.4 is 15.0 Å². The lowest BCUT2D eigenvalue weighted by atomic mass is 10.1. The van der Waals surface area contributed by atoms with Gasteiger partial charge in [-0.15, -0.1) is 0 Å². The third kappa shape index (κ3) is 2.04. The molecule has 0 aliphatic carbocycles. The van der Waals surface area contributed by atoms with Crippen LogP contribution in [-0.2, 0) is 6.42 Å². The van der Waals surface area contributed by atoms with E-state index in [2.05, 4.69) is 28.4 Å². The molecule has 1 unspecified atom stereocenters. The molecule has 3 nitrogen and oxygen atoms in total. The van der Waals surface area contributed by atoms with Crippen LogP contribution in [0.1, 0.15) is 12.0 Å². The van der Waals surface area contributed by atoms with Crippen molar-refractivity contribution >= 4 is 5.69 Å². The van der Waals surface area contributed by atoms with Gasteiger partial charge in [0.15, 0.2) is 0 Å². The van der Waals surface area contributed by atoms with E-state index < -0.39 is 0 Å². The summed E-state index contributed by atoms with van der Waals surface area (Å²) >= 11 is 0. The highest BCUT2D eigenvalue weighted by atomic mass is 16.5. The zero-order valence-electron chi connectivity index (χ0n) is 11.4. The largest absolute Gasteiger partial charge is 0.457 e. The average molecular weight is 266 g/mol. The molecule has 1 atom stereocenters. The quantitative estimate of drug-likeness (QED) is 0.903. The molecule has 2 heterocycles. The summed E-state index contributed by atoms with van der Waals surface area (Å²) in [5.41, 5.74) is 2.77. The van der Waals surface area contributed by atoms with E-state index in [1.165, 1.54) is 24.1 Å². The van der Waals surface area contributed by atoms with Crippen LogP contribution in [0.4, 0.5) is 5.69 Å². The lowest BCUT2D eigenvalue weighted by Crippen LogP contribution is -2.46. The molecule has 102 valence electrons. The Morgan fingerprint density at radius 1 is 1.05 bits per heavy atom. The summed E-state index contributed by atoms with van der Waals surface area (Å²) in [6.07, 6.45) is 2.40. The Bertz CT molecular complexity index is 612. The molecule has 4 rings (SSSR count). The van der Waals surface area contributed by atoms with Gasteiger partial charge in [0.25, 0.3) is 0 Å². The van der Waals surface area contributed by atoms with E-state index in [1.807, 2.05) is 30.3 Å². The Balaban J connectivity index is 1.62. The number of nitrogens with zero attached hydrogens (tertiary/aromatic N) is 1. The molecule has 0 spiro atoms. The molecule has 0 radical (unpaired) electrons. The number of anilines is 1. The fraction of sp³-hybridized carbons (Fsp3) is 0.294. The molecule has 2 aromatic rings. The van der Waals surface area contributed by atoms with Crippen LogP contribution in [0.2, 0.25) is 0 Å². The highest BCUT2D eigenvalue weighted by Gasteiger charge is 2.31. The summed E-state index contributed by atoms with van der Waals surface area (Å²) in [4.78, 5) is 2.47. The van der Waals surface area contributed by atoms with Crippen LogP contribution in [0.5, 0.6) is 11.5 Å². The van der Waals surface area contributed by atoms with Crippen molar-refractivity contribution in [2.75, 3.05) is 18.1 Å². The van der Waals surface area contributed by atoms with Crippen molar-refractivity contribution in [3.05, 3.63) is 54.1 Å². The van der Waals surface area contributed by atoms with E-state index in [4.69, 9.17) is 4.74 Å². The van der Waals surface area contributed by atoms with Gasteiger partial charge in [0.05, 0.1) is 6.67 Å². The number of hydrogen-bond donors (Lipinski definition) is 1. The summed E-state index contributed by atoms with van der Waals surface area (Å²) in [6.45, 7) is 2.08. The van der Waals surface area contributed by atoms with Gasteiger partial charge in [-0.3, -0.25) is 5.32 Å². The second-order valence-corrected chi connectivity index (χ2v) is 5.48. The minimum Gasteiger partial charge on any atom is -0.457 e. The van der Waals surface area contributed by atoms with Gasteiger partial charge in [-0.2, -0.15) is 0 Å². The molecular formula is C17H18N2O. The van der Waals surface area contributed by atoms with Crippen molar-refractivity contribution in [2.45, 2.75) is 18.9 Å². The van der Waals surface area contributed by atoms with Crippen molar-refractivity contribution in [3.63, 3.8) is 0 Å². The molecule has 2 aliphatic rings. The van der Waals surface area contributed by atoms with Gasteiger partial charge in [0.1, 0.15) is 11.5 Å². The van der Waals surface area contributed by atoms with Crippen molar-refractivity contribution in [1.82, 2.24) is 5.32 Å². The van der Waals surface area contributed by atoms with Crippen LogP contribution in [0, 0.1) is 0 Å².